The van der Waals surface area contributed by atoms with Crippen molar-refractivity contribution in [1.29, 1.82) is 0 Å². The van der Waals surface area contributed by atoms with Gasteiger partial charge in [0.1, 0.15) is 0 Å². The topological polar surface area (TPSA) is 79.9 Å². The summed E-state index contributed by atoms with van der Waals surface area (Å²) in [5, 5.41) is 3.35. The quantitative estimate of drug-likeness (QED) is 0.407. The lowest BCUT2D eigenvalue weighted by molar-refractivity contribution is -0.119. The lowest BCUT2D eigenvalue weighted by Crippen LogP contribution is -2.47. The van der Waals surface area contributed by atoms with E-state index in [1.807, 2.05) is 6.92 Å². The van der Waals surface area contributed by atoms with Gasteiger partial charge in [0.15, 0.2) is 5.96 Å². The van der Waals surface area contributed by atoms with Crippen LogP contribution in [0.2, 0.25) is 0 Å². The Morgan fingerprint density at radius 2 is 2.35 bits per heavy atom. The minimum absolute atomic E-state index is 0.212. The summed E-state index contributed by atoms with van der Waals surface area (Å²) in [6.45, 7) is 6.22. The molecule has 1 rings (SSSR count). The standard InChI is InChI=1S/C14H28N4O2/c1-3-20-9-5-7-17-14(16-2)18-8-4-6-12(11-18)10-13(15)19/h12H,3-11H2,1-2H3,(H2,15,19)(H,16,17). The third-order valence-corrected chi connectivity index (χ3v) is 3.47. The molecule has 1 heterocycles. The number of carbonyl (C=O) groups is 1. The molecule has 6 heteroatoms. The molecule has 0 aromatic carbocycles. The first kappa shape index (κ1) is 16.8. The number of likely N-dealkylation sites (tertiary alicyclic amines) is 1. The first-order chi connectivity index (χ1) is 9.67. The molecule has 1 atom stereocenters. The summed E-state index contributed by atoms with van der Waals surface area (Å²) in [6.07, 6.45) is 3.58. The minimum atomic E-state index is -0.212. The molecule has 0 saturated carbocycles. The fourth-order valence-electron chi connectivity index (χ4n) is 2.56. The molecular formula is C14H28N4O2. The molecule has 1 aliphatic heterocycles. The summed E-state index contributed by atoms with van der Waals surface area (Å²) in [7, 11) is 1.79. The van der Waals surface area contributed by atoms with Gasteiger partial charge in [-0.1, -0.05) is 0 Å². The highest BCUT2D eigenvalue weighted by atomic mass is 16.5. The number of guanidine groups is 1. The molecule has 20 heavy (non-hydrogen) atoms. The second kappa shape index (κ2) is 9.58. The lowest BCUT2D eigenvalue weighted by Gasteiger charge is -2.34. The fourth-order valence-corrected chi connectivity index (χ4v) is 2.56. The number of ether oxygens (including phenoxy) is 1. The summed E-state index contributed by atoms with van der Waals surface area (Å²) in [4.78, 5) is 17.6. The normalized spacial score (nSPS) is 20.0. The summed E-state index contributed by atoms with van der Waals surface area (Å²) in [5.74, 6) is 1.05. The maximum atomic E-state index is 11.0. The number of primary amides is 1. The number of carbonyl (C=O) groups excluding carboxylic acids is 1. The van der Waals surface area contributed by atoms with Crippen LogP contribution in [0.5, 0.6) is 0 Å². The van der Waals surface area contributed by atoms with E-state index in [1.165, 1.54) is 0 Å². The molecule has 6 nitrogen and oxygen atoms in total. The van der Waals surface area contributed by atoms with Crippen molar-refractivity contribution in [2.75, 3.05) is 39.9 Å². The van der Waals surface area contributed by atoms with Gasteiger partial charge in [0.05, 0.1) is 0 Å². The highest BCUT2D eigenvalue weighted by Gasteiger charge is 2.23. The first-order valence-electron chi connectivity index (χ1n) is 7.49. The van der Waals surface area contributed by atoms with Gasteiger partial charge in [0, 0.05) is 46.3 Å². The van der Waals surface area contributed by atoms with Gasteiger partial charge in [-0.3, -0.25) is 9.79 Å². The zero-order valence-corrected chi connectivity index (χ0v) is 12.7. The minimum Gasteiger partial charge on any atom is -0.382 e. The van der Waals surface area contributed by atoms with E-state index < -0.39 is 0 Å². The summed E-state index contributed by atoms with van der Waals surface area (Å²) >= 11 is 0. The Kier molecular flexibility index (Phi) is 8.02. The number of nitrogens with two attached hydrogens (primary N) is 1. The van der Waals surface area contributed by atoms with Crippen molar-refractivity contribution in [3.63, 3.8) is 0 Å². The van der Waals surface area contributed by atoms with Gasteiger partial charge in [-0.25, -0.2) is 0 Å². The van der Waals surface area contributed by atoms with Crippen molar-refractivity contribution in [3.05, 3.63) is 0 Å². The average Bonchev–Trinajstić information content (AvgIpc) is 2.42. The Morgan fingerprint density at radius 1 is 1.55 bits per heavy atom. The third-order valence-electron chi connectivity index (χ3n) is 3.47. The van der Waals surface area contributed by atoms with Gasteiger partial charge in [-0.05, 0) is 32.1 Å². The Labute approximate surface area is 121 Å². The summed E-state index contributed by atoms with van der Waals surface area (Å²) < 4.78 is 5.31. The second-order valence-electron chi connectivity index (χ2n) is 5.15. The van der Waals surface area contributed by atoms with E-state index in [9.17, 15) is 4.79 Å². The van der Waals surface area contributed by atoms with Crippen molar-refractivity contribution in [3.8, 4) is 0 Å². The maximum Gasteiger partial charge on any atom is 0.217 e. The smallest absolute Gasteiger partial charge is 0.217 e. The van der Waals surface area contributed by atoms with Crippen LogP contribution in [-0.2, 0) is 9.53 Å². The second-order valence-corrected chi connectivity index (χ2v) is 5.15. The number of nitrogens with zero attached hydrogens (tertiary/aromatic N) is 2. The molecule has 1 aliphatic rings. The molecule has 0 bridgehead atoms. The number of aliphatic imine (C=N–C) groups is 1. The number of nitrogens with one attached hydrogen (secondary N) is 1. The fraction of sp³-hybridized carbons (Fsp3) is 0.857. The van der Waals surface area contributed by atoms with Crippen LogP contribution in [0.1, 0.15) is 32.6 Å². The number of amides is 1. The molecule has 1 fully saturated rings. The van der Waals surface area contributed by atoms with Crippen molar-refractivity contribution >= 4 is 11.9 Å². The zero-order valence-electron chi connectivity index (χ0n) is 12.7. The largest absolute Gasteiger partial charge is 0.382 e. The number of hydrogen-bond donors (Lipinski definition) is 2. The van der Waals surface area contributed by atoms with Crippen LogP contribution in [0.25, 0.3) is 0 Å². The van der Waals surface area contributed by atoms with Crippen molar-refractivity contribution < 1.29 is 9.53 Å². The molecule has 0 aliphatic carbocycles. The Bertz CT molecular complexity index is 320. The number of piperidine rings is 1. The zero-order chi connectivity index (χ0) is 14.8. The predicted molar refractivity (Wildman–Crippen MR) is 80.6 cm³/mol. The number of rotatable bonds is 7. The van der Waals surface area contributed by atoms with Gasteiger partial charge in [0.25, 0.3) is 0 Å². The van der Waals surface area contributed by atoms with E-state index in [-0.39, 0.29) is 5.91 Å². The van der Waals surface area contributed by atoms with E-state index in [2.05, 4.69) is 15.2 Å². The molecule has 1 saturated heterocycles. The molecule has 0 spiro atoms. The molecule has 1 amide bonds. The van der Waals surface area contributed by atoms with E-state index in [0.29, 0.717) is 12.3 Å². The lowest BCUT2D eigenvalue weighted by atomic mass is 9.95. The SMILES string of the molecule is CCOCCCNC(=NC)N1CCCC(CC(N)=O)C1. The highest BCUT2D eigenvalue weighted by molar-refractivity contribution is 5.80. The molecule has 1 unspecified atom stereocenters. The highest BCUT2D eigenvalue weighted by Crippen LogP contribution is 2.19. The maximum absolute atomic E-state index is 11.0. The van der Waals surface area contributed by atoms with Crippen LogP contribution in [-0.4, -0.2) is 56.7 Å². The predicted octanol–water partition coefficient (Wildman–Crippen LogP) is 0.576. The molecule has 3 N–H and O–H groups in total. The molecular weight excluding hydrogens is 256 g/mol. The average molecular weight is 284 g/mol. The van der Waals surface area contributed by atoms with Crippen molar-refractivity contribution in [2.45, 2.75) is 32.6 Å². The molecule has 0 aromatic heterocycles. The molecule has 116 valence electrons. The van der Waals surface area contributed by atoms with Gasteiger partial charge in [-0.2, -0.15) is 0 Å². The third kappa shape index (κ3) is 6.23. The monoisotopic (exact) mass is 284 g/mol. The van der Waals surface area contributed by atoms with Gasteiger partial charge < -0.3 is 20.7 Å². The Morgan fingerprint density at radius 3 is 3.00 bits per heavy atom. The van der Waals surface area contributed by atoms with Gasteiger partial charge in [-0.15, -0.1) is 0 Å². The van der Waals surface area contributed by atoms with E-state index >= 15 is 0 Å². The van der Waals surface area contributed by atoms with Crippen LogP contribution in [0, 0.1) is 5.92 Å². The number of hydrogen-bond acceptors (Lipinski definition) is 3. The van der Waals surface area contributed by atoms with E-state index in [4.69, 9.17) is 10.5 Å². The van der Waals surface area contributed by atoms with Gasteiger partial charge in [0.2, 0.25) is 5.91 Å². The Balaban J connectivity index is 2.34. The van der Waals surface area contributed by atoms with Crippen LogP contribution in [0.4, 0.5) is 0 Å². The molecule has 0 radical (unpaired) electrons. The summed E-state index contributed by atoms with van der Waals surface area (Å²) in [6, 6.07) is 0. The van der Waals surface area contributed by atoms with Crippen LogP contribution in [0.15, 0.2) is 4.99 Å². The first-order valence-corrected chi connectivity index (χ1v) is 7.49. The van der Waals surface area contributed by atoms with Crippen LogP contribution in [0.3, 0.4) is 0 Å². The van der Waals surface area contributed by atoms with E-state index in [0.717, 1.165) is 58.1 Å². The van der Waals surface area contributed by atoms with Crippen molar-refractivity contribution in [2.24, 2.45) is 16.6 Å². The van der Waals surface area contributed by atoms with Crippen LogP contribution >= 0.6 is 0 Å². The van der Waals surface area contributed by atoms with Gasteiger partial charge >= 0.3 is 0 Å². The van der Waals surface area contributed by atoms with Crippen molar-refractivity contribution in [1.82, 2.24) is 10.2 Å². The van der Waals surface area contributed by atoms with Crippen LogP contribution < -0.4 is 11.1 Å². The van der Waals surface area contributed by atoms with E-state index in [1.54, 1.807) is 7.05 Å². The Hall–Kier alpha value is -1.30. The molecule has 0 aromatic rings. The summed E-state index contributed by atoms with van der Waals surface area (Å²) in [5.41, 5.74) is 5.29.